The quantitative estimate of drug-likeness (QED) is 0.508. The van der Waals surface area contributed by atoms with Gasteiger partial charge in [-0.05, 0) is 33.0 Å². The van der Waals surface area contributed by atoms with Crippen molar-refractivity contribution in [3.8, 4) is 0 Å². The monoisotopic (exact) mass is 147 g/mol. The fraction of sp³-hybridized carbons (Fsp3) is 1.00. The Bertz CT molecular complexity index is 51.2. The molecule has 1 fully saturated rings. The summed E-state index contributed by atoms with van der Waals surface area (Å²) >= 11 is 0. The summed E-state index contributed by atoms with van der Waals surface area (Å²) in [5, 5.41) is 0. The minimum atomic E-state index is 0. The second kappa shape index (κ2) is 8.92. The van der Waals surface area contributed by atoms with Crippen molar-refractivity contribution in [3.63, 3.8) is 0 Å². The van der Waals surface area contributed by atoms with Gasteiger partial charge in [0.2, 0.25) is 0 Å². The smallest absolute Gasteiger partial charge is 0.00218 e. The Morgan fingerprint density at radius 3 is 1.50 bits per heavy atom. The van der Waals surface area contributed by atoms with Gasteiger partial charge in [-0.2, -0.15) is 0 Å². The van der Waals surface area contributed by atoms with Crippen LogP contribution >= 0.6 is 0 Å². The molecular formula is C8H21NO. The summed E-state index contributed by atoms with van der Waals surface area (Å²) in [7, 11) is 2.19. The van der Waals surface area contributed by atoms with Crippen LogP contribution in [0.2, 0.25) is 0 Å². The molecule has 10 heavy (non-hydrogen) atoms. The van der Waals surface area contributed by atoms with E-state index in [1.807, 2.05) is 13.8 Å². The van der Waals surface area contributed by atoms with E-state index in [2.05, 4.69) is 11.9 Å². The molecule has 1 saturated heterocycles. The standard InChI is InChI=1S/C6H13N.C2H6.H2O/c1-7-5-3-2-4-6-7;1-2;/h2-6H2,1H3;1-2H3;1H2. The van der Waals surface area contributed by atoms with Gasteiger partial charge in [0, 0.05) is 0 Å². The van der Waals surface area contributed by atoms with Crippen LogP contribution in [0.25, 0.3) is 0 Å². The minimum absolute atomic E-state index is 0. The van der Waals surface area contributed by atoms with Gasteiger partial charge in [0.05, 0.1) is 0 Å². The summed E-state index contributed by atoms with van der Waals surface area (Å²) in [4.78, 5) is 2.39. The Morgan fingerprint density at radius 2 is 1.30 bits per heavy atom. The Labute approximate surface area is 64.5 Å². The molecule has 1 rings (SSSR count). The van der Waals surface area contributed by atoms with Crippen LogP contribution in [0.5, 0.6) is 0 Å². The Morgan fingerprint density at radius 1 is 0.900 bits per heavy atom. The van der Waals surface area contributed by atoms with E-state index < -0.39 is 0 Å². The minimum Gasteiger partial charge on any atom is -0.412 e. The summed E-state index contributed by atoms with van der Waals surface area (Å²) in [5.41, 5.74) is 0. The Balaban J connectivity index is 0. The van der Waals surface area contributed by atoms with Crippen LogP contribution in [-0.2, 0) is 0 Å². The molecular weight excluding hydrogens is 126 g/mol. The van der Waals surface area contributed by atoms with E-state index >= 15 is 0 Å². The molecule has 0 aliphatic carbocycles. The highest BCUT2D eigenvalue weighted by atomic mass is 16.0. The van der Waals surface area contributed by atoms with Crippen molar-refractivity contribution in [2.75, 3.05) is 20.1 Å². The molecule has 2 N–H and O–H groups in total. The van der Waals surface area contributed by atoms with E-state index in [1.54, 1.807) is 0 Å². The van der Waals surface area contributed by atoms with E-state index in [0.717, 1.165) is 0 Å². The molecule has 1 aliphatic rings. The van der Waals surface area contributed by atoms with Crippen molar-refractivity contribution in [2.24, 2.45) is 0 Å². The van der Waals surface area contributed by atoms with Gasteiger partial charge in [-0.3, -0.25) is 0 Å². The second-order valence-electron chi connectivity index (χ2n) is 2.36. The highest BCUT2D eigenvalue weighted by Crippen LogP contribution is 2.04. The van der Waals surface area contributed by atoms with Crippen LogP contribution in [0, 0.1) is 0 Å². The first-order valence-electron chi connectivity index (χ1n) is 4.08. The van der Waals surface area contributed by atoms with Crippen LogP contribution < -0.4 is 0 Å². The van der Waals surface area contributed by atoms with Gasteiger partial charge < -0.3 is 10.4 Å². The van der Waals surface area contributed by atoms with E-state index in [1.165, 1.54) is 32.4 Å². The number of nitrogens with zero attached hydrogens (tertiary/aromatic N) is 1. The summed E-state index contributed by atoms with van der Waals surface area (Å²) in [6, 6.07) is 0. The predicted molar refractivity (Wildman–Crippen MR) is 46.3 cm³/mol. The van der Waals surface area contributed by atoms with Gasteiger partial charge in [-0.1, -0.05) is 20.3 Å². The fourth-order valence-corrected chi connectivity index (χ4v) is 1.05. The maximum Gasteiger partial charge on any atom is -0.00218 e. The molecule has 0 amide bonds. The average molecular weight is 147 g/mol. The molecule has 64 valence electrons. The van der Waals surface area contributed by atoms with Gasteiger partial charge in [-0.15, -0.1) is 0 Å². The molecule has 0 spiro atoms. The van der Waals surface area contributed by atoms with E-state index in [4.69, 9.17) is 0 Å². The number of hydrogen-bond acceptors (Lipinski definition) is 1. The topological polar surface area (TPSA) is 34.7 Å². The number of hydrogen-bond donors (Lipinski definition) is 0. The van der Waals surface area contributed by atoms with E-state index in [9.17, 15) is 0 Å². The van der Waals surface area contributed by atoms with Crippen LogP contribution in [0.15, 0.2) is 0 Å². The average Bonchev–Trinajstić information content (AvgIpc) is 1.94. The molecule has 0 unspecified atom stereocenters. The highest BCUT2D eigenvalue weighted by Gasteiger charge is 2.02. The van der Waals surface area contributed by atoms with Gasteiger partial charge in [-0.25, -0.2) is 0 Å². The molecule has 0 atom stereocenters. The van der Waals surface area contributed by atoms with Gasteiger partial charge >= 0.3 is 0 Å². The number of rotatable bonds is 0. The summed E-state index contributed by atoms with van der Waals surface area (Å²) < 4.78 is 0. The van der Waals surface area contributed by atoms with E-state index in [0.29, 0.717) is 0 Å². The lowest BCUT2D eigenvalue weighted by Crippen LogP contribution is -2.24. The maximum absolute atomic E-state index is 2.39. The zero-order valence-electron chi connectivity index (χ0n) is 7.48. The zero-order valence-corrected chi connectivity index (χ0v) is 7.48. The molecule has 0 bridgehead atoms. The molecule has 0 saturated carbocycles. The molecule has 2 nitrogen and oxygen atoms in total. The number of piperidine rings is 1. The van der Waals surface area contributed by atoms with Crippen LogP contribution in [0.3, 0.4) is 0 Å². The Hall–Kier alpha value is -0.0800. The maximum atomic E-state index is 2.39. The predicted octanol–water partition coefficient (Wildman–Crippen LogP) is 1.30. The molecule has 0 aromatic carbocycles. The first-order valence-corrected chi connectivity index (χ1v) is 4.08. The normalized spacial score (nSPS) is 18.3. The van der Waals surface area contributed by atoms with Crippen molar-refractivity contribution in [1.29, 1.82) is 0 Å². The summed E-state index contributed by atoms with van der Waals surface area (Å²) in [6.07, 6.45) is 4.28. The van der Waals surface area contributed by atoms with Gasteiger partial charge in [0.1, 0.15) is 0 Å². The third-order valence-electron chi connectivity index (χ3n) is 1.58. The lowest BCUT2D eigenvalue weighted by Gasteiger charge is -2.20. The van der Waals surface area contributed by atoms with Gasteiger partial charge in [0.15, 0.2) is 0 Å². The van der Waals surface area contributed by atoms with Crippen molar-refractivity contribution < 1.29 is 5.48 Å². The second-order valence-corrected chi connectivity index (χ2v) is 2.36. The lowest BCUT2D eigenvalue weighted by atomic mass is 10.1. The van der Waals surface area contributed by atoms with Crippen LogP contribution in [-0.4, -0.2) is 30.5 Å². The summed E-state index contributed by atoms with van der Waals surface area (Å²) in [5.74, 6) is 0. The molecule has 1 aliphatic heterocycles. The zero-order chi connectivity index (χ0) is 7.11. The van der Waals surface area contributed by atoms with E-state index in [-0.39, 0.29) is 5.48 Å². The van der Waals surface area contributed by atoms with Crippen LogP contribution in [0.4, 0.5) is 0 Å². The summed E-state index contributed by atoms with van der Waals surface area (Å²) in [6.45, 7) is 6.64. The lowest BCUT2D eigenvalue weighted by molar-refractivity contribution is 0.277. The molecule has 1 heterocycles. The third-order valence-corrected chi connectivity index (χ3v) is 1.58. The SMILES string of the molecule is CC.CN1CCCCC1.O. The van der Waals surface area contributed by atoms with Crippen molar-refractivity contribution >= 4 is 0 Å². The van der Waals surface area contributed by atoms with Crippen molar-refractivity contribution in [2.45, 2.75) is 33.1 Å². The van der Waals surface area contributed by atoms with Crippen molar-refractivity contribution in [3.05, 3.63) is 0 Å². The first kappa shape index (κ1) is 12.6. The molecule has 0 aromatic heterocycles. The highest BCUT2D eigenvalue weighted by molar-refractivity contribution is 4.58. The molecule has 0 radical (unpaired) electrons. The number of likely N-dealkylation sites (tertiary alicyclic amines) is 1. The largest absolute Gasteiger partial charge is 0.412 e. The third kappa shape index (κ3) is 6.05. The first-order chi connectivity index (χ1) is 4.39. The van der Waals surface area contributed by atoms with Crippen LogP contribution in [0.1, 0.15) is 33.1 Å². The Kier molecular flexibility index (Phi) is 11.2. The van der Waals surface area contributed by atoms with Gasteiger partial charge in [0.25, 0.3) is 0 Å². The molecule has 2 heteroatoms. The fourth-order valence-electron chi connectivity index (χ4n) is 1.05. The molecule has 0 aromatic rings. The van der Waals surface area contributed by atoms with Crippen molar-refractivity contribution in [1.82, 2.24) is 4.90 Å².